The molecule has 2 heterocycles. The van der Waals surface area contributed by atoms with Crippen molar-refractivity contribution >= 4 is 5.91 Å². The third-order valence-corrected chi connectivity index (χ3v) is 3.61. The predicted octanol–water partition coefficient (Wildman–Crippen LogP) is 1.95. The van der Waals surface area contributed by atoms with E-state index in [0.717, 1.165) is 24.5 Å². The van der Waals surface area contributed by atoms with Crippen molar-refractivity contribution in [1.29, 1.82) is 0 Å². The molecule has 0 saturated carbocycles. The standard InChI is InChI=1S/C13H21N3O/c1-9(2)15(4)13(17)11-7-14-12-6-5-10(3)8-16(11)12/h7,9-10H,5-6,8H2,1-4H3. The van der Waals surface area contributed by atoms with Gasteiger partial charge in [0.05, 0.1) is 6.20 Å². The van der Waals surface area contributed by atoms with Crippen LogP contribution in [0.4, 0.5) is 0 Å². The van der Waals surface area contributed by atoms with Crippen LogP contribution < -0.4 is 0 Å². The Balaban J connectivity index is 2.28. The lowest BCUT2D eigenvalue weighted by Gasteiger charge is -2.25. The summed E-state index contributed by atoms with van der Waals surface area (Å²) in [5.74, 6) is 1.77. The first-order chi connectivity index (χ1) is 8.00. The molecule has 0 N–H and O–H groups in total. The van der Waals surface area contributed by atoms with Crippen LogP contribution in [0.1, 0.15) is 43.5 Å². The third-order valence-electron chi connectivity index (χ3n) is 3.61. The molecule has 0 spiro atoms. The first kappa shape index (κ1) is 12.1. The molecule has 1 aliphatic heterocycles. The quantitative estimate of drug-likeness (QED) is 0.785. The van der Waals surface area contributed by atoms with Crippen molar-refractivity contribution in [3.63, 3.8) is 0 Å². The second-order valence-corrected chi connectivity index (χ2v) is 5.32. The summed E-state index contributed by atoms with van der Waals surface area (Å²) < 4.78 is 2.09. The van der Waals surface area contributed by atoms with Gasteiger partial charge < -0.3 is 9.47 Å². The molecule has 0 fully saturated rings. The fourth-order valence-electron chi connectivity index (χ4n) is 2.18. The molecule has 0 aromatic carbocycles. The molecule has 0 saturated heterocycles. The average molecular weight is 235 g/mol. The van der Waals surface area contributed by atoms with Crippen LogP contribution in [0, 0.1) is 5.92 Å². The highest BCUT2D eigenvalue weighted by molar-refractivity contribution is 5.92. The monoisotopic (exact) mass is 235 g/mol. The Morgan fingerprint density at radius 3 is 2.94 bits per heavy atom. The highest BCUT2D eigenvalue weighted by Crippen LogP contribution is 2.21. The predicted molar refractivity (Wildman–Crippen MR) is 66.9 cm³/mol. The Labute approximate surface area is 103 Å². The summed E-state index contributed by atoms with van der Waals surface area (Å²) in [7, 11) is 1.85. The summed E-state index contributed by atoms with van der Waals surface area (Å²) in [6, 6.07) is 0.217. The molecule has 0 aliphatic carbocycles. The van der Waals surface area contributed by atoms with Crippen LogP contribution in [0.15, 0.2) is 6.20 Å². The van der Waals surface area contributed by atoms with Crippen molar-refractivity contribution in [1.82, 2.24) is 14.5 Å². The van der Waals surface area contributed by atoms with Crippen LogP contribution in [0.5, 0.6) is 0 Å². The van der Waals surface area contributed by atoms with E-state index in [1.807, 2.05) is 20.9 Å². The number of carbonyl (C=O) groups excluding carboxylic acids is 1. The van der Waals surface area contributed by atoms with Crippen LogP contribution in [0.3, 0.4) is 0 Å². The van der Waals surface area contributed by atoms with E-state index < -0.39 is 0 Å². The van der Waals surface area contributed by atoms with E-state index in [-0.39, 0.29) is 11.9 Å². The fraction of sp³-hybridized carbons (Fsp3) is 0.692. The second-order valence-electron chi connectivity index (χ2n) is 5.32. The van der Waals surface area contributed by atoms with Crippen molar-refractivity contribution in [2.24, 2.45) is 5.92 Å². The molecule has 1 atom stereocenters. The number of imidazole rings is 1. The summed E-state index contributed by atoms with van der Waals surface area (Å²) in [6.07, 6.45) is 3.89. The Kier molecular flexibility index (Phi) is 3.22. The van der Waals surface area contributed by atoms with Gasteiger partial charge in [-0.3, -0.25) is 4.79 Å². The van der Waals surface area contributed by atoms with Gasteiger partial charge in [0.25, 0.3) is 5.91 Å². The van der Waals surface area contributed by atoms with E-state index in [1.165, 1.54) is 6.42 Å². The van der Waals surface area contributed by atoms with Gasteiger partial charge in [0.15, 0.2) is 0 Å². The van der Waals surface area contributed by atoms with Gasteiger partial charge in [-0.1, -0.05) is 6.92 Å². The van der Waals surface area contributed by atoms with Crippen LogP contribution in [0.2, 0.25) is 0 Å². The van der Waals surface area contributed by atoms with Gasteiger partial charge in [-0.2, -0.15) is 0 Å². The normalized spacial score (nSPS) is 19.2. The number of rotatable bonds is 2. The molecule has 1 aliphatic rings. The molecule has 1 unspecified atom stereocenters. The highest BCUT2D eigenvalue weighted by atomic mass is 16.2. The van der Waals surface area contributed by atoms with Gasteiger partial charge in [0.2, 0.25) is 0 Å². The van der Waals surface area contributed by atoms with E-state index in [4.69, 9.17) is 0 Å². The van der Waals surface area contributed by atoms with E-state index in [2.05, 4.69) is 16.5 Å². The van der Waals surface area contributed by atoms with Crippen LogP contribution in [0.25, 0.3) is 0 Å². The molecule has 4 nitrogen and oxygen atoms in total. The number of fused-ring (bicyclic) bond motifs is 1. The smallest absolute Gasteiger partial charge is 0.272 e. The van der Waals surface area contributed by atoms with E-state index >= 15 is 0 Å². The Hall–Kier alpha value is -1.32. The van der Waals surface area contributed by atoms with Gasteiger partial charge in [-0.05, 0) is 26.2 Å². The number of aryl methyl sites for hydroxylation is 1. The van der Waals surface area contributed by atoms with Crippen LogP contribution in [-0.2, 0) is 13.0 Å². The minimum Gasteiger partial charge on any atom is -0.338 e. The number of carbonyl (C=O) groups is 1. The summed E-state index contributed by atoms with van der Waals surface area (Å²) in [5.41, 5.74) is 0.739. The Morgan fingerprint density at radius 2 is 2.29 bits per heavy atom. The first-order valence-corrected chi connectivity index (χ1v) is 6.32. The van der Waals surface area contributed by atoms with Crippen molar-refractivity contribution in [3.8, 4) is 0 Å². The molecule has 0 radical (unpaired) electrons. The summed E-state index contributed by atoms with van der Waals surface area (Å²) in [4.78, 5) is 18.4. The minimum absolute atomic E-state index is 0.0767. The van der Waals surface area contributed by atoms with Crippen molar-refractivity contribution in [2.75, 3.05) is 7.05 Å². The van der Waals surface area contributed by atoms with Crippen LogP contribution >= 0.6 is 0 Å². The number of hydrogen-bond acceptors (Lipinski definition) is 2. The molecule has 17 heavy (non-hydrogen) atoms. The maximum Gasteiger partial charge on any atom is 0.272 e. The molecular formula is C13H21N3O. The minimum atomic E-state index is 0.0767. The summed E-state index contributed by atoms with van der Waals surface area (Å²) in [6.45, 7) is 7.19. The maximum absolute atomic E-state index is 12.3. The molecule has 1 amide bonds. The van der Waals surface area contributed by atoms with E-state index in [0.29, 0.717) is 5.92 Å². The van der Waals surface area contributed by atoms with Crippen molar-refractivity contribution in [3.05, 3.63) is 17.7 Å². The fourth-order valence-corrected chi connectivity index (χ4v) is 2.18. The average Bonchev–Trinajstić information content (AvgIpc) is 2.69. The molecule has 1 aromatic rings. The lowest BCUT2D eigenvalue weighted by molar-refractivity contribution is 0.0741. The van der Waals surface area contributed by atoms with Gasteiger partial charge in [0.1, 0.15) is 11.5 Å². The maximum atomic E-state index is 12.3. The number of hydrogen-bond donors (Lipinski definition) is 0. The molecule has 1 aromatic heterocycles. The summed E-state index contributed by atoms with van der Waals surface area (Å²) >= 11 is 0. The first-order valence-electron chi connectivity index (χ1n) is 6.32. The SMILES string of the molecule is CC1CCc2ncc(C(=O)N(C)C(C)C)n2C1. The zero-order valence-electron chi connectivity index (χ0n) is 11.1. The molecule has 0 bridgehead atoms. The zero-order valence-corrected chi connectivity index (χ0v) is 11.1. The Bertz CT molecular complexity index is 422. The molecule has 94 valence electrons. The third kappa shape index (κ3) is 2.21. The number of amides is 1. The largest absolute Gasteiger partial charge is 0.338 e. The zero-order chi connectivity index (χ0) is 12.6. The van der Waals surface area contributed by atoms with Crippen molar-refractivity contribution < 1.29 is 4.79 Å². The lowest BCUT2D eigenvalue weighted by Crippen LogP contribution is -2.35. The van der Waals surface area contributed by atoms with E-state index in [9.17, 15) is 4.79 Å². The van der Waals surface area contributed by atoms with Crippen LogP contribution in [-0.4, -0.2) is 33.4 Å². The molecular weight excluding hydrogens is 214 g/mol. The van der Waals surface area contributed by atoms with Gasteiger partial charge in [-0.25, -0.2) is 4.98 Å². The van der Waals surface area contributed by atoms with Gasteiger partial charge in [0, 0.05) is 26.1 Å². The number of aromatic nitrogens is 2. The van der Waals surface area contributed by atoms with Gasteiger partial charge >= 0.3 is 0 Å². The molecule has 2 rings (SSSR count). The van der Waals surface area contributed by atoms with Gasteiger partial charge in [-0.15, -0.1) is 0 Å². The summed E-state index contributed by atoms with van der Waals surface area (Å²) in [5, 5.41) is 0. The number of nitrogens with zero attached hydrogens (tertiary/aromatic N) is 3. The Morgan fingerprint density at radius 1 is 1.59 bits per heavy atom. The molecule has 4 heteroatoms. The topological polar surface area (TPSA) is 38.1 Å². The second kappa shape index (κ2) is 4.51. The lowest BCUT2D eigenvalue weighted by atomic mass is 10.0. The highest BCUT2D eigenvalue weighted by Gasteiger charge is 2.24. The van der Waals surface area contributed by atoms with Crippen molar-refractivity contribution in [2.45, 2.75) is 46.2 Å². The van der Waals surface area contributed by atoms with E-state index in [1.54, 1.807) is 11.1 Å².